The second-order valence-electron chi connectivity index (χ2n) is 9.03. The van der Waals surface area contributed by atoms with Crippen molar-refractivity contribution in [2.75, 3.05) is 14.1 Å². The molecule has 4 nitrogen and oxygen atoms in total. The molecule has 2 rings (SSSR count). The van der Waals surface area contributed by atoms with E-state index in [-0.39, 0.29) is 6.04 Å². The Labute approximate surface area is 190 Å². The minimum Gasteiger partial charge on any atom is -0.363 e. The molecule has 0 saturated carbocycles. The summed E-state index contributed by atoms with van der Waals surface area (Å²) in [6, 6.07) is 4.56. The molecule has 0 fully saturated rings. The number of nitrogens with zero attached hydrogens (tertiary/aromatic N) is 4. The first-order valence-corrected chi connectivity index (χ1v) is 11.2. The Hall–Kier alpha value is -2.28. The second kappa shape index (κ2) is 11.0. The van der Waals surface area contributed by atoms with Crippen LogP contribution in [0.1, 0.15) is 63.3 Å². The Morgan fingerprint density at radius 3 is 2.44 bits per heavy atom. The summed E-state index contributed by atoms with van der Waals surface area (Å²) in [4.78, 5) is 8.79. The second-order valence-corrected chi connectivity index (χ2v) is 9.03. The maximum atomic E-state index is 14.1. The summed E-state index contributed by atoms with van der Waals surface area (Å²) < 4.78 is 43.8. The third kappa shape index (κ3) is 6.86. The van der Waals surface area contributed by atoms with Gasteiger partial charge in [-0.1, -0.05) is 26.0 Å². The lowest BCUT2D eigenvalue weighted by molar-refractivity contribution is 0.0136. The van der Waals surface area contributed by atoms with Crippen LogP contribution in [0.15, 0.2) is 37.3 Å². The van der Waals surface area contributed by atoms with E-state index in [0.29, 0.717) is 18.2 Å². The molecule has 0 aliphatic heterocycles. The number of rotatable bonds is 12. The molecule has 0 spiro atoms. The number of aryl methyl sites for hydroxylation is 1. The molecule has 2 aromatic rings. The zero-order valence-corrected chi connectivity index (χ0v) is 20.2. The predicted octanol–water partition coefficient (Wildman–Crippen LogP) is 6.04. The van der Waals surface area contributed by atoms with Crippen LogP contribution in [0.4, 0.5) is 13.2 Å². The first-order valence-electron chi connectivity index (χ1n) is 11.2. The molecule has 2 unspecified atom stereocenters. The normalized spacial score (nSPS) is 13.9. The summed E-state index contributed by atoms with van der Waals surface area (Å²) in [5.74, 6) is -4.13. The topological polar surface area (TPSA) is 24.3 Å². The van der Waals surface area contributed by atoms with Gasteiger partial charge in [-0.25, -0.2) is 18.2 Å². The Bertz CT molecular complexity index is 886. The van der Waals surface area contributed by atoms with Crippen molar-refractivity contribution in [2.24, 2.45) is 7.05 Å². The number of benzene rings is 1. The standard InChI is InChI=1S/C25H37F3N4/c1-8-9-21(12-10-18(2)30(5)6)32(19(3)24-16-31(7)17-29-24)15-20-11-13-23(26)22(14-20)25(4,27)28/h11,13-14,16-18,21H,3,8-10,12,15H2,1-2,4-7H3. The van der Waals surface area contributed by atoms with Crippen molar-refractivity contribution in [3.63, 3.8) is 0 Å². The van der Waals surface area contributed by atoms with Crippen LogP contribution in [0.3, 0.4) is 0 Å². The molecular weight excluding hydrogens is 413 g/mol. The van der Waals surface area contributed by atoms with Gasteiger partial charge in [-0.15, -0.1) is 0 Å². The molecule has 2 atom stereocenters. The van der Waals surface area contributed by atoms with Gasteiger partial charge >= 0.3 is 0 Å². The van der Waals surface area contributed by atoms with Gasteiger partial charge in [0.25, 0.3) is 5.92 Å². The number of alkyl halides is 2. The van der Waals surface area contributed by atoms with Crippen LogP contribution >= 0.6 is 0 Å². The molecule has 1 aromatic carbocycles. The largest absolute Gasteiger partial charge is 0.363 e. The molecule has 0 saturated heterocycles. The van der Waals surface area contributed by atoms with Crippen molar-refractivity contribution in [3.05, 3.63) is 59.9 Å². The maximum Gasteiger partial charge on any atom is 0.273 e. The fraction of sp³-hybridized carbons (Fsp3) is 0.560. The van der Waals surface area contributed by atoms with Crippen molar-refractivity contribution in [1.82, 2.24) is 19.4 Å². The van der Waals surface area contributed by atoms with Gasteiger partial charge in [0.2, 0.25) is 0 Å². The summed E-state index contributed by atoms with van der Waals surface area (Å²) in [5.41, 5.74) is 1.54. The Morgan fingerprint density at radius 2 is 1.91 bits per heavy atom. The van der Waals surface area contributed by atoms with Gasteiger partial charge < -0.3 is 14.4 Å². The average Bonchev–Trinajstić information content (AvgIpc) is 3.15. The van der Waals surface area contributed by atoms with E-state index in [9.17, 15) is 13.2 Å². The van der Waals surface area contributed by atoms with Gasteiger partial charge in [0.05, 0.1) is 17.6 Å². The molecular formula is C25H37F3N4. The molecule has 0 radical (unpaired) electrons. The van der Waals surface area contributed by atoms with Crippen molar-refractivity contribution in [1.29, 1.82) is 0 Å². The zero-order chi connectivity index (χ0) is 24.1. The molecule has 0 aliphatic rings. The van der Waals surface area contributed by atoms with Crippen LogP contribution in [-0.2, 0) is 19.5 Å². The fourth-order valence-corrected chi connectivity index (χ4v) is 3.84. The van der Waals surface area contributed by atoms with Gasteiger partial charge in [-0.3, -0.25) is 0 Å². The minimum atomic E-state index is -3.24. The smallest absolute Gasteiger partial charge is 0.273 e. The summed E-state index contributed by atoms with van der Waals surface area (Å²) in [7, 11) is 6.02. The highest BCUT2D eigenvalue weighted by Gasteiger charge is 2.29. The lowest BCUT2D eigenvalue weighted by Gasteiger charge is -2.36. The highest BCUT2D eigenvalue weighted by atomic mass is 19.3. The van der Waals surface area contributed by atoms with Crippen LogP contribution < -0.4 is 0 Å². The lowest BCUT2D eigenvalue weighted by atomic mass is 9.98. The summed E-state index contributed by atoms with van der Waals surface area (Å²) >= 11 is 0. The van der Waals surface area contributed by atoms with E-state index in [1.165, 1.54) is 6.07 Å². The van der Waals surface area contributed by atoms with Crippen LogP contribution in [0.2, 0.25) is 0 Å². The van der Waals surface area contributed by atoms with E-state index in [1.54, 1.807) is 12.4 Å². The average molecular weight is 451 g/mol. The van der Waals surface area contributed by atoms with E-state index in [2.05, 4.69) is 49.3 Å². The molecule has 178 valence electrons. The van der Waals surface area contributed by atoms with E-state index < -0.39 is 17.3 Å². The predicted molar refractivity (Wildman–Crippen MR) is 125 cm³/mol. The zero-order valence-electron chi connectivity index (χ0n) is 20.2. The van der Waals surface area contributed by atoms with E-state index in [1.807, 2.05) is 17.8 Å². The lowest BCUT2D eigenvalue weighted by Crippen LogP contribution is -2.35. The Kier molecular flexibility index (Phi) is 8.96. The first kappa shape index (κ1) is 26.0. The van der Waals surface area contributed by atoms with Crippen LogP contribution in [-0.4, -0.2) is 45.5 Å². The first-order chi connectivity index (χ1) is 14.9. The van der Waals surface area contributed by atoms with E-state index >= 15 is 0 Å². The molecule has 1 aromatic heterocycles. The van der Waals surface area contributed by atoms with E-state index in [0.717, 1.165) is 50.1 Å². The molecule has 1 heterocycles. The highest BCUT2D eigenvalue weighted by Crippen LogP contribution is 2.32. The molecule has 32 heavy (non-hydrogen) atoms. The highest BCUT2D eigenvalue weighted by molar-refractivity contribution is 5.58. The fourth-order valence-electron chi connectivity index (χ4n) is 3.84. The van der Waals surface area contributed by atoms with E-state index in [4.69, 9.17) is 0 Å². The van der Waals surface area contributed by atoms with Crippen molar-refractivity contribution >= 4 is 5.70 Å². The van der Waals surface area contributed by atoms with Gasteiger partial charge in [0, 0.05) is 38.8 Å². The maximum absolute atomic E-state index is 14.1. The van der Waals surface area contributed by atoms with Gasteiger partial charge in [0.1, 0.15) is 11.5 Å². The van der Waals surface area contributed by atoms with Crippen molar-refractivity contribution in [3.8, 4) is 0 Å². The summed E-state index contributed by atoms with van der Waals surface area (Å²) in [5, 5.41) is 0. The van der Waals surface area contributed by atoms with Gasteiger partial charge in [0.15, 0.2) is 0 Å². The van der Waals surface area contributed by atoms with Crippen LogP contribution in [0.5, 0.6) is 0 Å². The van der Waals surface area contributed by atoms with Crippen molar-refractivity contribution < 1.29 is 13.2 Å². The van der Waals surface area contributed by atoms with Gasteiger partial charge in [-0.05, 0) is 58.0 Å². The van der Waals surface area contributed by atoms with Crippen LogP contribution in [0, 0.1) is 5.82 Å². The summed E-state index contributed by atoms with van der Waals surface area (Å²) in [6.07, 6.45) is 7.45. The number of imidazole rings is 1. The van der Waals surface area contributed by atoms with Crippen molar-refractivity contribution in [2.45, 2.75) is 71.0 Å². The molecule has 0 N–H and O–H groups in total. The number of hydrogen-bond donors (Lipinski definition) is 0. The molecule has 0 bridgehead atoms. The Morgan fingerprint density at radius 1 is 1.22 bits per heavy atom. The number of hydrogen-bond acceptors (Lipinski definition) is 3. The minimum absolute atomic E-state index is 0.160. The molecule has 0 amide bonds. The third-order valence-electron chi connectivity index (χ3n) is 6.07. The third-order valence-corrected chi connectivity index (χ3v) is 6.07. The van der Waals surface area contributed by atoms with Crippen LogP contribution in [0.25, 0.3) is 5.70 Å². The number of halogens is 3. The Balaban J connectivity index is 2.40. The quantitative estimate of drug-likeness (QED) is 0.394. The monoisotopic (exact) mass is 450 g/mol. The molecule has 7 heteroatoms. The molecule has 0 aliphatic carbocycles. The van der Waals surface area contributed by atoms with Gasteiger partial charge in [-0.2, -0.15) is 0 Å². The number of aromatic nitrogens is 2. The SMILES string of the molecule is C=C(c1cn(C)cn1)N(Cc1ccc(F)c(C(C)(F)F)c1)C(CCC)CCC(C)N(C)C. The summed E-state index contributed by atoms with van der Waals surface area (Å²) in [6.45, 7) is 9.72.